The number of likely N-dealkylation sites (tertiary alicyclic amines) is 1. The number of aromatic nitrogens is 5. The van der Waals surface area contributed by atoms with Crippen molar-refractivity contribution >= 4 is 23.5 Å². The van der Waals surface area contributed by atoms with Crippen LogP contribution in [0.2, 0.25) is 0 Å². The Hall–Kier alpha value is -4.40. The Morgan fingerprint density at radius 2 is 1.93 bits per heavy atom. The van der Waals surface area contributed by atoms with Gasteiger partial charge in [0, 0.05) is 55.2 Å². The van der Waals surface area contributed by atoms with Crippen LogP contribution in [0.25, 0.3) is 5.65 Å². The van der Waals surface area contributed by atoms with Crippen molar-refractivity contribution in [2.24, 2.45) is 0 Å². The zero-order valence-electron chi connectivity index (χ0n) is 24.4. The zero-order chi connectivity index (χ0) is 31.3. The molecule has 2 aliphatic carbocycles. The van der Waals surface area contributed by atoms with Crippen LogP contribution < -0.4 is 15.4 Å². The molecule has 1 amide bonds. The van der Waals surface area contributed by atoms with Crippen LogP contribution in [0, 0.1) is 0 Å². The molecule has 3 N–H and O–H groups in total. The number of amides is 1. The molecule has 4 aromatic rings. The quantitative estimate of drug-likeness (QED) is 0.213. The van der Waals surface area contributed by atoms with Gasteiger partial charge >= 0.3 is 12.3 Å². The first kappa shape index (κ1) is 29.3. The van der Waals surface area contributed by atoms with Crippen LogP contribution in [-0.2, 0) is 17.5 Å². The smallest absolute Gasteiger partial charge is 0.416 e. The van der Waals surface area contributed by atoms with E-state index in [9.17, 15) is 18.0 Å². The van der Waals surface area contributed by atoms with Crippen molar-refractivity contribution in [2.75, 3.05) is 18.4 Å². The minimum atomic E-state index is -4.38. The summed E-state index contributed by atoms with van der Waals surface area (Å²) in [6, 6.07) is 8.22. The van der Waals surface area contributed by atoms with Crippen molar-refractivity contribution in [3.8, 4) is 5.75 Å². The number of carbonyl (C=O) groups is 1. The molecule has 45 heavy (non-hydrogen) atoms. The predicted molar refractivity (Wildman–Crippen MR) is 154 cm³/mol. The van der Waals surface area contributed by atoms with Crippen LogP contribution in [0.15, 0.2) is 48.8 Å². The Bertz CT molecular complexity index is 1680. The van der Waals surface area contributed by atoms with Gasteiger partial charge in [-0.15, -0.1) is 0 Å². The maximum atomic E-state index is 15.3. The monoisotopic (exact) mass is 628 g/mol. The zero-order valence-corrected chi connectivity index (χ0v) is 24.4. The van der Waals surface area contributed by atoms with E-state index in [1.165, 1.54) is 12.1 Å². The van der Waals surface area contributed by atoms with E-state index in [4.69, 9.17) is 9.47 Å². The number of benzene rings is 1. The molecule has 0 unspecified atom stereocenters. The number of imidazole rings is 1. The molecule has 15 heteroatoms. The fourth-order valence-corrected chi connectivity index (χ4v) is 5.81. The first-order valence-corrected chi connectivity index (χ1v) is 14.9. The topological polar surface area (TPSA) is 122 Å². The number of alkyl halides is 4. The van der Waals surface area contributed by atoms with Gasteiger partial charge in [0.25, 0.3) is 0 Å². The average molecular weight is 629 g/mol. The lowest BCUT2D eigenvalue weighted by atomic mass is 10.0. The molecule has 11 nitrogen and oxygen atoms in total. The van der Waals surface area contributed by atoms with Crippen LogP contribution in [0.4, 0.5) is 34.1 Å². The van der Waals surface area contributed by atoms with Crippen molar-refractivity contribution in [3.63, 3.8) is 0 Å². The number of rotatable bonds is 9. The van der Waals surface area contributed by atoms with Crippen molar-refractivity contribution < 1.29 is 31.8 Å². The molecule has 4 heterocycles. The van der Waals surface area contributed by atoms with Crippen molar-refractivity contribution in [1.29, 1.82) is 0 Å². The van der Waals surface area contributed by atoms with Gasteiger partial charge in [-0.2, -0.15) is 18.3 Å². The molecule has 3 aliphatic rings. The summed E-state index contributed by atoms with van der Waals surface area (Å²) >= 11 is 0. The van der Waals surface area contributed by atoms with Gasteiger partial charge in [0.05, 0.1) is 11.3 Å². The molecular formula is C30H32F4N8O3. The minimum absolute atomic E-state index is 0.125. The van der Waals surface area contributed by atoms with E-state index in [1.54, 1.807) is 22.7 Å². The highest BCUT2D eigenvalue weighted by Gasteiger charge is 2.43. The Kier molecular flexibility index (Phi) is 7.29. The molecule has 2 saturated carbocycles. The van der Waals surface area contributed by atoms with Crippen molar-refractivity contribution in [1.82, 2.24) is 34.8 Å². The molecule has 1 aromatic carbocycles. The van der Waals surface area contributed by atoms with E-state index in [-0.39, 0.29) is 11.6 Å². The van der Waals surface area contributed by atoms with E-state index in [0.29, 0.717) is 61.3 Å². The van der Waals surface area contributed by atoms with Gasteiger partial charge in [0.1, 0.15) is 29.8 Å². The second-order valence-corrected chi connectivity index (χ2v) is 12.3. The number of nitrogens with zero attached hydrogens (tertiary/aromatic N) is 5. The maximum Gasteiger partial charge on any atom is 0.416 e. The minimum Gasteiger partial charge on any atom is -0.488 e. The standard InChI is InChI=1S/C30H32F4N8O3/c1-29(9-10-29)38-28(43)45-23-7-6-21(26(23)31)22-12-24(40-39-22)37-27-35-11-8-25-36-18(14-42(25)27)13-41-15-20(16-41)44-19-4-2-17(3-5-19)30(32,33)34/h2-5,8,11-12,14,20-21,23,26H,6-7,9-10,13,15-16H2,1H3,(H,38,43)(H2,35,37,39,40)/t21-,23-,26-/m0/s1. The number of fused-ring (bicyclic) bond motifs is 1. The molecule has 3 fully saturated rings. The fraction of sp³-hybridized carbons (Fsp3) is 0.467. The summed E-state index contributed by atoms with van der Waals surface area (Å²) in [7, 11) is 0. The SMILES string of the molecule is CC1(NC(=O)O[C@H]2CC[C@@H](c3cc(Nc4nccc5nc(CN6CC(Oc7ccc(C(F)(F)F)cc7)C6)cn45)n[nH]3)[C@@H]2F)CC1. The summed E-state index contributed by atoms with van der Waals surface area (Å²) in [5.41, 5.74) is 1.15. The summed E-state index contributed by atoms with van der Waals surface area (Å²) < 4.78 is 66.6. The second kappa shape index (κ2) is 11.2. The molecule has 3 aromatic heterocycles. The van der Waals surface area contributed by atoms with Gasteiger partial charge in [0.15, 0.2) is 5.82 Å². The van der Waals surface area contributed by atoms with Gasteiger partial charge < -0.3 is 20.1 Å². The van der Waals surface area contributed by atoms with Crippen LogP contribution in [-0.4, -0.2) is 72.6 Å². The van der Waals surface area contributed by atoms with Crippen LogP contribution >= 0.6 is 0 Å². The number of nitrogens with one attached hydrogen (secondary N) is 3. The molecular weight excluding hydrogens is 596 g/mol. The van der Waals surface area contributed by atoms with Gasteiger partial charge in [-0.3, -0.25) is 14.4 Å². The van der Waals surface area contributed by atoms with Gasteiger partial charge in [0.2, 0.25) is 5.95 Å². The molecule has 3 atom stereocenters. The molecule has 0 bridgehead atoms. The lowest BCUT2D eigenvalue weighted by molar-refractivity contribution is -0.137. The number of hydrogen-bond acceptors (Lipinski definition) is 8. The van der Waals surface area contributed by atoms with Gasteiger partial charge in [-0.25, -0.2) is 19.2 Å². The lowest BCUT2D eigenvalue weighted by Crippen LogP contribution is -2.53. The van der Waals surface area contributed by atoms with Crippen molar-refractivity contribution in [3.05, 3.63) is 65.7 Å². The normalized spacial score (nSPS) is 23.1. The summed E-state index contributed by atoms with van der Waals surface area (Å²) in [4.78, 5) is 23.4. The lowest BCUT2D eigenvalue weighted by Gasteiger charge is -2.38. The van der Waals surface area contributed by atoms with E-state index >= 15 is 4.39 Å². The number of aromatic amines is 1. The average Bonchev–Trinajstić information content (AvgIpc) is 3.30. The van der Waals surface area contributed by atoms with Crippen LogP contribution in [0.1, 0.15) is 55.5 Å². The first-order chi connectivity index (χ1) is 21.5. The van der Waals surface area contributed by atoms with E-state index in [2.05, 4.69) is 35.7 Å². The highest BCUT2D eigenvalue weighted by molar-refractivity contribution is 5.69. The molecule has 1 aliphatic heterocycles. The third-order valence-electron chi connectivity index (χ3n) is 8.63. The molecule has 0 radical (unpaired) electrons. The number of hydrogen-bond donors (Lipinski definition) is 3. The highest BCUT2D eigenvalue weighted by atomic mass is 19.4. The number of carbonyl (C=O) groups excluding carboxylic acids is 1. The second-order valence-electron chi connectivity index (χ2n) is 12.3. The Balaban J connectivity index is 0.931. The largest absolute Gasteiger partial charge is 0.488 e. The maximum absolute atomic E-state index is 15.3. The number of alkyl carbamates (subject to hydrolysis) is 1. The third kappa shape index (κ3) is 6.39. The number of ether oxygens (including phenoxy) is 2. The molecule has 7 rings (SSSR count). The van der Waals surface area contributed by atoms with E-state index in [0.717, 1.165) is 30.7 Å². The Morgan fingerprint density at radius 1 is 1.16 bits per heavy atom. The predicted octanol–water partition coefficient (Wildman–Crippen LogP) is 5.34. The number of anilines is 2. The number of halogens is 4. The first-order valence-electron chi connectivity index (χ1n) is 14.9. The summed E-state index contributed by atoms with van der Waals surface area (Å²) in [5, 5.41) is 13.2. The number of H-pyrrole nitrogens is 1. The highest BCUT2D eigenvalue weighted by Crippen LogP contribution is 2.39. The fourth-order valence-electron chi connectivity index (χ4n) is 5.81. The Morgan fingerprint density at radius 3 is 2.67 bits per heavy atom. The molecule has 238 valence electrons. The third-order valence-corrected chi connectivity index (χ3v) is 8.63. The molecule has 0 spiro atoms. The summed E-state index contributed by atoms with van der Waals surface area (Å²) in [6.07, 6.45) is -1.01. The van der Waals surface area contributed by atoms with Crippen LogP contribution in [0.5, 0.6) is 5.75 Å². The van der Waals surface area contributed by atoms with E-state index < -0.39 is 36.0 Å². The van der Waals surface area contributed by atoms with Crippen LogP contribution in [0.3, 0.4) is 0 Å². The van der Waals surface area contributed by atoms with Gasteiger partial charge in [-0.05, 0) is 62.9 Å². The summed E-state index contributed by atoms with van der Waals surface area (Å²) in [5.74, 6) is 0.861. The van der Waals surface area contributed by atoms with Gasteiger partial charge in [-0.1, -0.05) is 0 Å². The van der Waals surface area contributed by atoms with E-state index in [1.807, 2.05) is 13.1 Å². The Labute approximate surface area is 255 Å². The van der Waals surface area contributed by atoms with Crippen molar-refractivity contribution in [2.45, 2.75) is 75.2 Å². The summed E-state index contributed by atoms with van der Waals surface area (Å²) in [6.45, 7) is 3.72. The molecule has 1 saturated heterocycles.